The zero-order valence-electron chi connectivity index (χ0n) is 17.2. The standard InChI is InChI=1S/C22H26N4O3/c1-5-26(6-2)21-12-11-17(13-23-21)24-22(27)18-9-7-8-10-20(18)28-14-19-15(3)25-29-16(19)4/h7-13H,5-6,14H2,1-4H3,(H,24,27). The molecule has 1 N–H and O–H groups in total. The molecule has 0 fully saturated rings. The molecule has 1 aromatic carbocycles. The first kappa shape index (κ1) is 20.4. The number of pyridine rings is 1. The highest BCUT2D eigenvalue weighted by Crippen LogP contribution is 2.23. The van der Waals surface area contributed by atoms with E-state index in [1.54, 1.807) is 24.4 Å². The number of nitrogens with zero attached hydrogens (tertiary/aromatic N) is 3. The number of rotatable bonds is 8. The maximum Gasteiger partial charge on any atom is 0.259 e. The predicted octanol–water partition coefficient (Wildman–Crippen LogP) is 4.36. The van der Waals surface area contributed by atoms with Crippen molar-refractivity contribution in [1.29, 1.82) is 0 Å². The molecule has 0 aliphatic carbocycles. The number of ether oxygens (including phenoxy) is 1. The van der Waals surface area contributed by atoms with Gasteiger partial charge in [0.2, 0.25) is 0 Å². The Bertz CT molecular complexity index is 943. The van der Waals surface area contributed by atoms with Crippen LogP contribution in [0.3, 0.4) is 0 Å². The summed E-state index contributed by atoms with van der Waals surface area (Å²) < 4.78 is 11.1. The smallest absolute Gasteiger partial charge is 0.259 e. The summed E-state index contributed by atoms with van der Waals surface area (Å²) in [6.45, 7) is 9.91. The first-order valence-corrected chi connectivity index (χ1v) is 9.69. The van der Waals surface area contributed by atoms with Gasteiger partial charge in [-0.25, -0.2) is 4.98 Å². The van der Waals surface area contributed by atoms with E-state index in [1.165, 1.54) is 0 Å². The quantitative estimate of drug-likeness (QED) is 0.611. The third-order valence-electron chi connectivity index (χ3n) is 4.78. The van der Waals surface area contributed by atoms with E-state index >= 15 is 0 Å². The molecule has 0 aliphatic heterocycles. The number of carbonyl (C=O) groups excluding carboxylic acids is 1. The Morgan fingerprint density at radius 1 is 1.14 bits per heavy atom. The molecular weight excluding hydrogens is 368 g/mol. The monoisotopic (exact) mass is 394 g/mol. The number of hydrogen-bond acceptors (Lipinski definition) is 6. The highest BCUT2D eigenvalue weighted by Gasteiger charge is 2.15. The molecular formula is C22H26N4O3. The molecule has 152 valence electrons. The number of para-hydroxylation sites is 1. The molecule has 7 heteroatoms. The second-order valence-corrected chi connectivity index (χ2v) is 6.62. The fourth-order valence-electron chi connectivity index (χ4n) is 3.03. The van der Waals surface area contributed by atoms with E-state index in [0.29, 0.717) is 22.8 Å². The van der Waals surface area contributed by atoms with Gasteiger partial charge in [-0.05, 0) is 52.0 Å². The van der Waals surface area contributed by atoms with Crippen LogP contribution < -0.4 is 15.0 Å². The van der Waals surface area contributed by atoms with Crippen molar-refractivity contribution in [2.24, 2.45) is 0 Å². The van der Waals surface area contributed by atoms with Crippen LogP contribution in [0.5, 0.6) is 5.75 Å². The lowest BCUT2D eigenvalue weighted by molar-refractivity contribution is 0.102. The fourth-order valence-corrected chi connectivity index (χ4v) is 3.03. The molecule has 29 heavy (non-hydrogen) atoms. The topological polar surface area (TPSA) is 80.5 Å². The summed E-state index contributed by atoms with van der Waals surface area (Å²) in [5, 5.41) is 6.81. The molecule has 2 aromatic heterocycles. The Labute approximate surface area is 170 Å². The molecule has 0 bridgehead atoms. The van der Waals surface area contributed by atoms with Gasteiger partial charge in [0.05, 0.1) is 28.7 Å². The van der Waals surface area contributed by atoms with Gasteiger partial charge in [-0.3, -0.25) is 4.79 Å². The van der Waals surface area contributed by atoms with Crippen LogP contribution in [-0.2, 0) is 6.61 Å². The minimum atomic E-state index is -0.253. The van der Waals surface area contributed by atoms with Crippen LogP contribution in [0.4, 0.5) is 11.5 Å². The van der Waals surface area contributed by atoms with Crippen molar-refractivity contribution >= 4 is 17.4 Å². The van der Waals surface area contributed by atoms with E-state index < -0.39 is 0 Å². The molecule has 1 amide bonds. The molecule has 0 spiro atoms. The van der Waals surface area contributed by atoms with Crippen molar-refractivity contribution in [1.82, 2.24) is 10.1 Å². The summed E-state index contributed by atoms with van der Waals surface area (Å²) in [7, 11) is 0. The van der Waals surface area contributed by atoms with Crippen LogP contribution in [0.1, 0.15) is 41.2 Å². The number of hydrogen-bond donors (Lipinski definition) is 1. The predicted molar refractivity (Wildman–Crippen MR) is 113 cm³/mol. The van der Waals surface area contributed by atoms with Crippen molar-refractivity contribution in [3.63, 3.8) is 0 Å². The Morgan fingerprint density at radius 3 is 2.52 bits per heavy atom. The summed E-state index contributed by atoms with van der Waals surface area (Å²) in [6, 6.07) is 10.9. The molecule has 2 heterocycles. The maximum absolute atomic E-state index is 12.8. The Kier molecular flexibility index (Phi) is 6.49. The van der Waals surface area contributed by atoms with E-state index in [0.717, 1.165) is 30.2 Å². The summed E-state index contributed by atoms with van der Waals surface area (Å²) in [5.74, 6) is 1.84. The number of aromatic nitrogens is 2. The van der Waals surface area contributed by atoms with E-state index in [9.17, 15) is 4.79 Å². The van der Waals surface area contributed by atoms with Gasteiger partial charge in [-0.15, -0.1) is 0 Å². The Morgan fingerprint density at radius 2 is 1.90 bits per heavy atom. The van der Waals surface area contributed by atoms with E-state index in [-0.39, 0.29) is 12.5 Å². The van der Waals surface area contributed by atoms with Crippen LogP contribution in [0.2, 0.25) is 0 Å². The van der Waals surface area contributed by atoms with Gasteiger partial charge in [0.1, 0.15) is 23.9 Å². The van der Waals surface area contributed by atoms with Crippen LogP contribution >= 0.6 is 0 Å². The van der Waals surface area contributed by atoms with Crippen molar-refractivity contribution in [2.45, 2.75) is 34.3 Å². The van der Waals surface area contributed by atoms with Crippen molar-refractivity contribution in [3.8, 4) is 5.75 Å². The third-order valence-corrected chi connectivity index (χ3v) is 4.78. The van der Waals surface area contributed by atoms with Crippen LogP contribution in [0.25, 0.3) is 0 Å². The molecule has 0 saturated heterocycles. The minimum absolute atomic E-state index is 0.253. The second-order valence-electron chi connectivity index (χ2n) is 6.62. The molecule has 0 atom stereocenters. The van der Waals surface area contributed by atoms with Crippen LogP contribution in [0, 0.1) is 13.8 Å². The van der Waals surface area contributed by atoms with E-state index in [1.807, 2.05) is 32.0 Å². The van der Waals surface area contributed by atoms with Crippen LogP contribution in [-0.4, -0.2) is 29.1 Å². The number of anilines is 2. The minimum Gasteiger partial charge on any atom is -0.488 e. The lowest BCUT2D eigenvalue weighted by atomic mass is 10.1. The lowest BCUT2D eigenvalue weighted by Crippen LogP contribution is -2.23. The first-order chi connectivity index (χ1) is 14.0. The van der Waals surface area contributed by atoms with Crippen LogP contribution in [0.15, 0.2) is 47.1 Å². The van der Waals surface area contributed by atoms with Crippen molar-refractivity contribution in [2.75, 3.05) is 23.3 Å². The average molecular weight is 394 g/mol. The second kappa shape index (κ2) is 9.23. The van der Waals surface area contributed by atoms with Gasteiger partial charge < -0.3 is 19.5 Å². The molecule has 0 aliphatic rings. The fraction of sp³-hybridized carbons (Fsp3) is 0.318. The SMILES string of the molecule is CCN(CC)c1ccc(NC(=O)c2ccccc2OCc2c(C)noc2C)cn1. The van der Waals surface area contributed by atoms with E-state index in [2.05, 4.69) is 34.2 Å². The molecule has 3 aromatic rings. The summed E-state index contributed by atoms with van der Waals surface area (Å²) in [4.78, 5) is 19.4. The van der Waals surface area contributed by atoms with Gasteiger partial charge in [-0.2, -0.15) is 0 Å². The Balaban J connectivity index is 1.71. The maximum atomic E-state index is 12.8. The first-order valence-electron chi connectivity index (χ1n) is 9.69. The molecule has 0 unspecified atom stereocenters. The van der Waals surface area contributed by atoms with Gasteiger partial charge in [0.25, 0.3) is 5.91 Å². The average Bonchev–Trinajstić information content (AvgIpc) is 3.06. The third kappa shape index (κ3) is 4.74. The summed E-state index contributed by atoms with van der Waals surface area (Å²) in [6.07, 6.45) is 1.67. The molecule has 0 radical (unpaired) electrons. The lowest BCUT2D eigenvalue weighted by Gasteiger charge is -2.19. The number of carbonyl (C=O) groups is 1. The molecule has 0 saturated carbocycles. The highest BCUT2D eigenvalue weighted by atomic mass is 16.5. The van der Waals surface area contributed by atoms with Crippen molar-refractivity contribution in [3.05, 3.63) is 65.2 Å². The summed E-state index contributed by atoms with van der Waals surface area (Å²) >= 11 is 0. The normalized spacial score (nSPS) is 10.6. The number of benzene rings is 1. The van der Waals surface area contributed by atoms with Crippen molar-refractivity contribution < 1.29 is 14.1 Å². The Hall–Kier alpha value is -3.35. The largest absolute Gasteiger partial charge is 0.488 e. The molecule has 3 rings (SSSR count). The highest BCUT2D eigenvalue weighted by molar-refractivity contribution is 6.06. The van der Waals surface area contributed by atoms with Gasteiger partial charge in [0.15, 0.2) is 0 Å². The zero-order chi connectivity index (χ0) is 20.8. The van der Waals surface area contributed by atoms with Gasteiger partial charge >= 0.3 is 0 Å². The van der Waals surface area contributed by atoms with E-state index in [4.69, 9.17) is 9.26 Å². The number of amides is 1. The number of aryl methyl sites for hydroxylation is 2. The van der Waals surface area contributed by atoms with Gasteiger partial charge in [-0.1, -0.05) is 17.3 Å². The van der Waals surface area contributed by atoms with Gasteiger partial charge in [0, 0.05) is 13.1 Å². The summed E-state index contributed by atoms with van der Waals surface area (Å²) in [5.41, 5.74) is 2.75. The molecule has 7 nitrogen and oxygen atoms in total. The zero-order valence-corrected chi connectivity index (χ0v) is 17.2. The number of nitrogens with one attached hydrogen (secondary N) is 1.